The van der Waals surface area contributed by atoms with Gasteiger partial charge < -0.3 is 9.73 Å². The Morgan fingerprint density at radius 1 is 1.22 bits per heavy atom. The van der Waals surface area contributed by atoms with Crippen molar-refractivity contribution in [2.24, 2.45) is 0 Å². The van der Waals surface area contributed by atoms with Crippen LogP contribution in [-0.4, -0.2) is 18.4 Å². The zero-order valence-electron chi connectivity index (χ0n) is 10.3. The predicted molar refractivity (Wildman–Crippen MR) is 70.8 cm³/mol. The molecule has 0 bridgehead atoms. The quantitative estimate of drug-likeness (QED) is 0.824. The van der Waals surface area contributed by atoms with E-state index in [1.54, 1.807) is 0 Å². The van der Waals surface area contributed by atoms with Crippen molar-refractivity contribution in [3.05, 3.63) is 36.1 Å². The van der Waals surface area contributed by atoms with E-state index in [2.05, 4.69) is 5.32 Å². The number of fused-ring (bicyclic) bond motifs is 1. The molecule has 18 heavy (non-hydrogen) atoms. The first-order valence-corrected chi connectivity index (χ1v) is 6.61. The van der Waals surface area contributed by atoms with Gasteiger partial charge in [0.1, 0.15) is 5.58 Å². The van der Waals surface area contributed by atoms with Crippen molar-refractivity contribution in [1.82, 2.24) is 5.32 Å². The molecule has 1 unspecified atom stereocenters. The lowest BCUT2D eigenvalue weighted by Crippen LogP contribution is -2.35. The maximum Gasteiger partial charge on any atom is 0.214 e. The molecule has 1 aliphatic heterocycles. The van der Waals surface area contributed by atoms with Gasteiger partial charge in [0.05, 0.1) is 6.04 Å². The van der Waals surface area contributed by atoms with Crippen molar-refractivity contribution >= 4 is 16.8 Å². The Hall–Kier alpha value is -1.61. The average molecular weight is 243 g/mol. The van der Waals surface area contributed by atoms with Gasteiger partial charge in [-0.05, 0) is 31.5 Å². The minimum Gasteiger partial charge on any atom is -0.453 e. The molecule has 2 aromatic rings. The summed E-state index contributed by atoms with van der Waals surface area (Å²) in [4.78, 5) is 12.4. The molecule has 3 rings (SSSR count). The number of carbonyl (C=O) groups is 1. The summed E-state index contributed by atoms with van der Waals surface area (Å²) in [6.07, 6.45) is 4.39. The molecule has 1 saturated heterocycles. The van der Waals surface area contributed by atoms with E-state index < -0.39 is 0 Å². The van der Waals surface area contributed by atoms with E-state index in [0.717, 1.165) is 36.8 Å². The molecule has 2 heterocycles. The number of carbonyl (C=O) groups excluding carboxylic acids is 1. The minimum absolute atomic E-state index is 0.0759. The van der Waals surface area contributed by atoms with E-state index >= 15 is 0 Å². The van der Waals surface area contributed by atoms with Crippen LogP contribution in [0.3, 0.4) is 0 Å². The molecular formula is C15H17NO2. The summed E-state index contributed by atoms with van der Waals surface area (Å²) in [7, 11) is 0. The van der Waals surface area contributed by atoms with Gasteiger partial charge in [-0.25, -0.2) is 0 Å². The van der Waals surface area contributed by atoms with Crippen LogP contribution in [0.1, 0.15) is 36.2 Å². The van der Waals surface area contributed by atoms with Crippen molar-refractivity contribution in [2.45, 2.75) is 31.7 Å². The zero-order chi connectivity index (χ0) is 12.4. The van der Waals surface area contributed by atoms with Crippen molar-refractivity contribution in [1.29, 1.82) is 0 Å². The van der Waals surface area contributed by atoms with Gasteiger partial charge in [-0.1, -0.05) is 31.0 Å². The molecule has 1 fully saturated rings. The van der Waals surface area contributed by atoms with E-state index in [1.165, 1.54) is 6.42 Å². The van der Waals surface area contributed by atoms with Crippen LogP contribution in [0.2, 0.25) is 0 Å². The molecule has 0 amide bonds. The molecule has 1 aromatic carbocycles. The van der Waals surface area contributed by atoms with Crippen molar-refractivity contribution in [3.63, 3.8) is 0 Å². The molecule has 1 aromatic heterocycles. The maximum absolute atomic E-state index is 12.4. The second-order valence-corrected chi connectivity index (χ2v) is 4.87. The Labute approximate surface area is 106 Å². The number of nitrogens with one attached hydrogen (secondary N) is 1. The van der Waals surface area contributed by atoms with Gasteiger partial charge in [-0.15, -0.1) is 0 Å². The van der Waals surface area contributed by atoms with Gasteiger partial charge in [-0.3, -0.25) is 4.79 Å². The summed E-state index contributed by atoms with van der Waals surface area (Å²) in [5.41, 5.74) is 0.787. The van der Waals surface area contributed by atoms with Gasteiger partial charge in [-0.2, -0.15) is 0 Å². The lowest BCUT2D eigenvalue weighted by molar-refractivity contribution is 0.0915. The fourth-order valence-corrected chi connectivity index (χ4v) is 2.53. The first-order valence-electron chi connectivity index (χ1n) is 6.61. The first-order chi connectivity index (χ1) is 8.84. The van der Waals surface area contributed by atoms with E-state index in [0.29, 0.717) is 5.76 Å². The summed E-state index contributed by atoms with van der Waals surface area (Å²) >= 11 is 0. The number of ketones is 1. The summed E-state index contributed by atoms with van der Waals surface area (Å²) in [5, 5.41) is 4.31. The molecule has 0 saturated carbocycles. The van der Waals surface area contributed by atoms with E-state index in [1.807, 2.05) is 30.3 Å². The van der Waals surface area contributed by atoms with E-state index in [-0.39, 0.29) is 11.8 Å². The Kier molecular flexibility index (Phi) is 3.15. The summed E-state index contributed by atoms with van der Waals surface area (Å²) in [6, 6.07) is 9.51. The van der Waals surface area contributed by atoms with Crippen LogP contribution in [0.25, 0.3) is 11.0 Å². The Bertz CT molecular complexity index is 517. The third kappa shape index (κ3) is 2.18. The summed E-state index contributed by atoms with van der Waals surface area (Å²) in [5.74, 6) is 0.573. The second kappa shape index (κ2) is 4.94. The largest absolute Gasteiger partial charge is 0.453 e. The molecule has 0 radical (unpaired) electrons. The minimum atomic E-state index is -0.0759. The fourth-order valence-electron chi connectivity index (χ4n) is 2.53. The smallest absolute Gasteiger partial charge is 0.214 e. The number of benzene rings is 1. The van der Waals surface area contributed by atoms with E-state index in [4.69, 9.17) is 4.42 Å². The molecular weight excluding hydrogens is 226 g/mol. The topological polar surface area (TPSA) is 42.2 Å². The van der Waals surface area contributed by atoms with Crippen LogP contribution in [-0.2, 0) is 0 Å². The van der Waals surface area contributed by atoms with Crippen LogP contribution in [0, 0.1) is 0 Å². The molecule has 1 aliphatic rings. The number of hydrogen-bond acceptors (Lipinski definition) is 3. The average Bonchev–Trinajstić information content (AvgIpc) is 2.64. The third-order valence-electron chi connectivity index (χ3n) is 3.55. The van der Waals surface area contributed by atoms with Crippen molar-refractivity contribution in [2.75, 3.05) is 6.54 Å². The molecule has 3 nitrogen and oxygen atoms in total. The first kappa shape index (κ1) is 11.5. The number of furan rings is 1. The lowest BCUT2D eigenvalue weighted by Gasteiger charge is -2.12. The van der Waals surface area contributed by atoms with Crippen LogP contribution in [0.15, 0.2) is 34.7 Å². The van der Waals surface area contributed by atoms with Crippen molar-refractivity contribution < 1.29 is 9.21 Å². The Balaban J connectivity index is 1.86. The lowest BCUT2D eigenvalue weighted by atomic mass is 10.0. The molecule has 0 aliphatic carbocycles. The zero-order valence-corrected chi connectivity index (χ0v) is 10.3. The van der Waals surface area contributed by atoms with Gasteiger partial charge in [0.25, 0.3) is 0 Å². The summed E-state index contributed by atoms with van der Waals surface area (Å²) in [6.45, 7) is 0.927. The maximum atomic E-state index is 12.4. The molecule has 1 atom stereocenters. The SMILES string of the molecule is O=C(c1cc2ccccc2o1)C1CCCCCN1. The predicted octanol–water partition coefficient (Wildman–Crippen LogP) is 3.15. The second-order valence-electron chi connectivity index (χ2n) is 4.87. The molecule has 94 valence electrons. The number of para-hydroxylation sites is 1. The fraction of sp³-hybridized carbons (Fsp3) is 0.400. The Morgan fingerprint density at radius 3 is 3.00 bits per heavy atom. The monoisotopic (exact) mass is 243 g/mol. The molecule has 0 spiro atoms. The van der Waals surface area contributed by atoms with Crippen LogP contribution in [0.5, 0.6) is 0 Å². The third-order valence-corrected chi connectivity index (χ3v) is 3.55. The van der Waals surface area contributed by atoms with Crippen molar-refractivity contribution in [3.8, 4) is 0 Å². The standard InChI is InChI=1S/C15H17NO2/c17-15(12-7-2-1-5-9-16-12)14-10-11-6-3-4-8-13(11)18-14/h3-4,6,8,10,12,16H,1-2,5,7,9H2. The highest BCUT2D eigenvalue weighted by Gasteiger charge is 2.23. The number of rotatable bonds is 2. The normalized spacial score (nSPS) is 20.8. The summed E-state index contributed by atoms with van der Waals surface area (Å²) < 4.78 is 5.63. The van der Waals surface area contributed by atoms with Gasteiger partial charge in [0, 0.05) is 5.39 Å². The number of hydrogen-bond donors (Lipinski definition) is 1. The van der Waals surface area contributed by atoms with Gasteiger partial charge in [0.2, 0.25) is 5.78 Å². The molecule has 3 heteroatoms. The Morgan fingerprint density at radius 2 is 2.11 bits per heavy atom. The van der Waals surface area contributed by atoms with Gasteiger partial charge in [0.15, 0.2) is 5.76 Å². The van der Waals surface area contributed by atoms with Crippen LogP contribution >= 0.6 is 0 Å². The van der Waals surface area contributed by atoms with Crippen LogP contribution in [0.4, 0.5) is 0 Å². The van der Waals surface area contributed by atoms with E-state index in [9.17, 15) is 4.79 Å². The van der Waals surface area contributed by atoms with Gasteiger partial charge >= 0.3 is 0 Å². The highest BCUT2D eigenvalue weighted by Crippen LogP contribution is 2.21. The highest BCUT2D eigenvalue weighted by molar-refractivity contribution is 6.00. The van der Waals surface area contributed by atoms with Crippen LogP contribution < -0.4 is 5.32 Å². The molecule has 1 N–H and O–H groups in total. The highest BCUT2D eigenvalue weighted by atomic mass is 16.3. The number of Topliss-reactive ketones (excluding diaryl/α,β-unsaturated/α-hetero) is 1.